The second kappa shape index (κ2) is 11.1. The lowest BCUT2D eigenvalue weighted by atomic mass is 9.92. The van der Waals surface area contributed by atoms with Crippen LogP contribution < -0.4 is 5.32 Å². The molecular formula is C23H31IN2S. The minimum atomic E-state index is 0. The van der Waals surface area contributed by atoms with Crippen LogP contribution in [-0.2, 0) is 0 Å². The summed E-state index contributed by atoms with van der Waals surface area (Å²) in [4.78, 5) is 7.23. The smallest absolute Gasteiger partial charge is 0.0526 e. The molecule has 0 saturated heterocycles. The maximum Gasteiger partial charge on any atom is 0.0526 e. The Morgan fingerprint density at radius 2 is 1.74 bits per heavy atom. The van der Waals surface area contributed by atoms with E-state index in [1.165, 1.54) is 71.0 Å². The molecule has 1 atom stereocenters. The first-order valence-electron chi connectivity index (χ1n) is 9.88. The number of benzene rings is 2. The van der Waals surface area contributed by atoms with E-state index in [4.69, 9.17) is 0 Å². The van der Waals surface area contributed by atoms with E-state index in [9.17, 15) is 0 Å². The fraction of sp³-hybridized carbons (Fsp3) is 0.435. The van der Waals surface area contributed by atoms with Gasteiger partial charge < -0.3 is 5.32 Å². The van der Waals surface area contributed by atoms with Crippen molar-refractivity contribution in [3.8, 4) is 0 Å². The topological polar surface area (TPSA) is 24.4 Å². The molecule has 1 N–H and O–H groups in total. The van der Waals surface area contributed by atoms with Crippen LogP contribution in [0.25, 0.3) is 0 Å². The summed E-state index contributed by atoms with van der Waals surface area (Å²) in [5.74, 6) is 0.508. The fourth-order valence-corrected chi connectivity index (χ4v) is 4.64. The third-order valence-electron chi connectivity index (χ3n) is 5.10. The van der Waals surface area contributed by atoms with Gasteiger partial charge in [-0.3, -0.25) is 4.99 Å². The summed E-state index contributed by atoms with van der Waals surface area (Å²) in [5, 5.41) is 3.55. The van der Waals surface area contributed by atoms with Crippen LogP contribution in [-0.4, -0.2) is 12.8 Å². The highest BCUT2D eigenvalue weighted by molar-refractivity contribution is 14.0. The number of hydrogen-bond acceptors (Lipinski definition) is 3. The number of rotatable bonds is 8. The molecule has 0 radical (unpaired) electrons. The first kappa shape index (κ1) is 22.3. The van der Waals surface area contributed by atoms with E-state index in [-0.39, 0.29) is 24.0 Å². The SMILES string of the molecule is CCCCCCCC(C)C(=NC)c1ccc2c(c1)Sc1ccccc1N2.I. The van der Waals surface area contributed by atoms with E-state index in [1.807, 2.05) is 18.8 Å². The summed E-state index contributed by atoms with van der Waals surface area (Å²) in [5.41, 5.74) is 4.89. The van der Waals surface area contributed by atoms with Crippen LogP contribution in [0.2, 0.25) is 0 Å². The Bertz CT molecular complexity index is 773. The number of anilines is 2. The number of unbranched alkanes of at least 4 members (excludes halogenated alkanes) is 4. The maximum atomic E-state index is 4.65. The van der Waals surface area contributed by atoms with Gasteiger partial charge in [0.1, 0.15) is 0 Å². The number of aliphatic imine (C=N–C) groups is 1. The van der Waals surface area contributed by atoms with Gasteiger partial charge in [0.25, 0.3) is 0 Å². The van der Waals surface area contributed by atoms with Crippen molar-refractivity contribution in [1.82, 2.24) is 0 Å². The van der Waals surface area contributed by atoms with Crippen molar-refractivity contribution in [3.63, 3.8) is 0 Å². The first-order valence-corrected chi connectivity index (χ1v) is 10.7. The molecule has 0 aliphatic carbocycles. The minimum Gasteiger partial charge on any atom is -0.354 e. The average Bonchev–Trinajstić information content (AvgIpc) is 2.66. The molecule has 0 aromatic heterocycles. The van der Waals surface area contributed by atoms with E-state index in [0.717, 1.165) is 0 Å². The molecule has 2 nitrogen and oxygen atoms in total. The van der Waals surface area contributed by atoms with Gasteiger partial charge in [-0.05, 0) is 42.2 Å². The molecule has 0 saturated carbocycles. The molecule has 4 heteroatoms. The molecule has 0 bridgehead atoms. The molecular weight excluding hydrogens is 463 g/mol. The molecule has 1 aliphatic heterocycles. The molecule has 1 aliphatic rings. The molecule has 1 heterocycles. The molecule has 27 heavy (non-hydrogen) atoms. The van der Waals surface area contributed by atoms with Gasteiger partial charge in [0.05, 0.1) is 11.4 Å². The van der Waals surface area contributed by atoms with E-state index >= 15 is 0 Å². The van der Waals surface area contributed by atoms with Crippen LogP contribution in [0.15, 0.2) is 57.2 Å². The summed E-state index contributed by atoms with van der Waals surface area (Å²) >= 11 is 1.85. The highest BCUT2D eigenvalue weighted by Crippen LogP contribution is 2.44. The predicted octanol–water partition coefficient (Wildman–Crippen LogP) is 7.93. The number of halogens is 1. The highest BCUT2D eigenvalue weighted by Gasteiger charge is 2.18. The fourth-order valence-electron chi connectivity index (χ4n) is 3.62. The van der Waals surface area contributed by atoms with Crippen molar-refractivity contribution in [2.45, 2.75) is 62.2 Å². The lowest BCUT2D eigenvalue weighted by Gasteiger charge is -2.22. The number of nitrogens with one attached hydrogen (secondary N) is 1. The Morgan fingerprint density at radius 1 is 1.00 bits per heavy atom. The lowest BCUT2D eigenvalue weighted by Crippen LogP contribution is -2.13. The third kappa shape index (κ3) is 5.74. The summed E-state index contributed by atoms with van der Waals surface area (Å²) in [6.45, 7) is 4.59. The standard InChI is InChI=1S/C23H30N2S.HI/c1-4-5-6-7-8-11-17(2)23(24-3)18-14-15-20-22(16-18)26-21-13-10-9-12-19(21)25-20;/h9-10,12-17,25H,4-8,11H2,1-3H3;1H. The summed E-state index contributed by atoms with van der Waals surface area (Å²) in [7, 11) is 1.93. The van der Waals surface area contributed by atoms with Crippen LogP contribution >= 0.6 is 35.7 Å². The largest absolute Gasteiger partial charge is 0.354 e. The summed E-state index contributed by atoms with van der Waals surface area (Å²) < 4.78 is 0. The minimum absolute atomic E-state index is 0. The quantitative estimate of drug-likeness (QED) is 0.195. The second-order valence-corrected chi connectivity index (χ2v) is 8.23. The zero-order valence-corrected chi connectivity index (χ0v) is 19.8. The second-order valence-electron chi connectivity index (χ2n) is 7.15. The Hall–Kier alpha value is -1.01. The van der Waals surface area contributed by atoms with Gasteiger partial charge >= 0.3 is 0 Å². The number of fused-ring (bicyclic) bond motifs is 2. The Balaban J connectivity index is 0.00000261. The van der Waals surface area contributed by atoms with Crippen LogP contribution in [0.1, 0.15) is 57.9 Å². The number of para-hydroxylation sites is 1. The van der Waals surface area contributed by atoms with Crippen molar-refractivity contribution in [1.29, 1.82) is 0 Å². The molecule has 146 valence electrons. The van der Waals surface area contributed by atoms with Gasteiger partial charge in [0.2, 0.25) is 0 Å². The van der Waals surface area contributed by atoms with E-state index in [1.54, 1.807) is 0 Å². The van der Waals surface area contributed by atoms with E-state index < -0.39 is 0 Å². The van der Waals surface area contributed by atoms with Crippen molar-refractivity contribution in [2.24, 2.45) is 10.9 Å². The Morgan fingerprint density at radius 3 is 2.52 bits per heavy atom. The van der Waals surface area contributed by atoms with Crippen molar-refractivity contribution < 1.29 is 0 Å². The van der Waals surface area contributed by atoms with Gasteiger partial charge in [-0.15, -0.1) is 24.0 Å². The van der Waals surface area contributed by atoms with Gasteiger partial charge in [0, 0.05) is 22.6 Å². The zero-order valence-electron chi connectivity index (χ0n) is 16.6. The first-order chi connectivity index (χ1) is 12.7. The molecule has 2 aromatic carbocycles. The third-order valence-corrected chi connectivity index (χ3v) is 6.24. The lowest BCUT2D eigenvalue weighted by molar-refractivity contribution is 0.566. The van der Waals surface area contributed by atoms with E-state index in [0.29, 0.717) is 5.92 Å². The molecule has 2 aromatic rings. The monoisotopic (exact) mass is 494 g/mol. The molecule has 0 spiro atoms. The Kier molecular flexibility index (Phi) is 9.16. The normalized spacial score (nSPS) is 13.8. The highest BCUT2D eigenvalue weighted by atomic mass is 127. The molecule has 0 fully saturated rings. The van der Waals surface area contributed by atoms with Crippen molar-refractivity contribution in [2.75, 3.05) is 12.4 Å². The summed E-state index contributed by atoms with van der Waals surface area (Å²) in [6.07, 6.45) is 7.90. The maximum absolute atomic E-state index is 4.65. The van der Waals surface area contributed by atoms with Crippen LogP contribution in [0.4, 0.5) is 11.4 Å². The van der Waals surface area contributed by atoms with Gasteiger partial charge in [-0.1, -0.05) is 75.9 Å². The molecule has 0 amide bonds. The van der Waals surface area contributed by atoms with Crippen molar-refractivity contribution >= 4 is 52.8 Å². The van der Waals surface area contributed by atoms with Crippen LogP contribution in [0.5, 0.6) is 0 Å². The van der Waals surface area contributed by atoms with Gasteiger partial charge in [-0.2, -0.15) is 0 Å². The van der Waals surface area contributed by atoms with E-state index in [2.05, 4.69) is 66.6 Å². The van der Waals surface area contributed by atoms with Crippen LogP contribution in [0.3, 0.4) is 0 Å². The zero-order chi connectivity index (χ0) is 18.4. The number of hydrogen-bond donors (Lipinski definition) is 1. The van der Waals surface area contributed by atoms with Gasteiger partial charge in [-0.25, -0.2) is 0 Å². The molecule has 3 rings (SSSR count). The average molecular weight is 494 g/mol. The van der Waals surface area contributed by atoms with Crippen molar-refractivity contribution in [3.05, 3.63) is 48.0 Å². The summed E-state index contributed by atoms with van der Waals surface area (Å²) in [6, 6.07) is 15.2. The Labute approximate surface area is 185 Å². The predicted molar refractivity (Wildman–Crippen MR) is 131 cm³/mol. The van der Waals surface area contributed by atoms with Crippen LogP contribution in [0, 0.1) is 5.92 Å². The number of nitrogens with zero attached hydrogens (tertiary/aromatic N) is 1. The van der Waals surface area contributed by atoms with Gasteiger partial charge in [0.15, 0.2) is 0 Å². The molecule has 1 unspecified atom stereocenters.